The van der Waals surface area contributed by atoms with Crippen LogP contribution in [0.4, 0.5) is 0 Å². The molecule has 1 aromatic rings. The summed E-state index contributed by atoms with van der Waals surface area (Å²) in [7, 11) is 4.17. The van der Waals surface area contributed by atoms with Crippen molar-refractivity contribution < 1.29 is 14.8 Å². The lowest BCUT2D eigenvalue weighted by Crippen LogP contribution is -3.06. The highest BCUT2D eigenvalue weighted by Gasteiger charge is 2.24. The van der Waals surface area contributed by atoms with Gasteiger partial charge in [0.25, 0.3) is 0 Å². The molecule has 2 N–H and O–H groups in total. The van der Waals surface area contributed by atoms with E-state index in [1.165, 1.54) is 4.90 Å². The first-order valence-electron chi connectivity index (χ1n) is 8.30. The Labute approximate surface area is 140 Å². The van der Waals surface area contributed by atoms with E-state index in [1.54, 1.807) is 0 Å². The average molecular weight is 318 g/mol. The SMILES string of the molecule is C=C(NCC[NH+](C)C)C(C)C(CC(C)c1ccccc1)C(=O)[O-]. The molecule has 3 unspecified atom stereocenters. The predicted octanol–water partition coefficient (Wildman–Crippen LogP) is 0.430. The van der Waals surface area contributed by atoms with Crippen LogP contribution < -0.4 is 15.3 Å². The van der Waals surface area contributed by atoms with Gasteiger partial charge in [-0.25, -0.2) is 0 Å². The van der Waals surface area contributed by atoms with Crippen LogP contribution in [0.25, 0.3) is 0 Å². The van der Waals surface area contributed by atoms with Gasteiger partial charge in [-0.2, -0.15) is 0 Å². The van der Waals surface area contributed by atoms with E-state index in [0.29, 0.717) is 6.42 Å². The zero-order chi connectivity index (χ0) is 17.4. The van der Waals surface area contributed by atoms with Crippen molar-refractivity contribution in [2.75, 3.05) is 27.2 Å². The number of allylic oxidation sites excluding steroid dienone is 1. The fourth-order valence-corrected chi connectivity index (χ4v) is 2.68. The van der Waals surface area contributed by atoms with Crippen LogP contribution >= 0.6 is 0 Å². The summed E-state index contributed by atoms with van der Waals surface area (Å²) in [6, 6.07) is 10.00. The van der Waals surface area contributed by atoms with Crippen molar-refractivity contribution in [3.8, 4) is 0 Å². The number of hydrogen-bond acceptors (Lipinski definition) is 3. The molecule has 128 valence electrons. The van der Waals surface area contributed by atoms with E-state index < -0.39 is 11.9 Å². The lowest BCUT2D eigenvalue weighted by molar-refractivity contribution is -0.856. The minimum Gasteiger partial charge on any atom is -0.550 e. The maximum atomic E-state index is 11.6. The van der Waals surface area contributed by atoms with Gasteiger partial charge in [0.15, 0.2) is 0 Å². The summed E-state index contributed by atoms with van der Waals surface area (Å²) in [4.78, 5) is 13.0. The summed E-state index contributed by atoms with van der Waals surface area (Å²) in [5, 5.41) is 14.9. The number of quaternary nitrogens is 1. The first kappa shape index (κ1) is 19.2. The average Bonchev–Trinajstić information content (AvgIpc) is 2.51. The maximum absolute atomic E-state index is 11.6. The molecule has 4 nitrogen and oxygen atoms in total. The molecular formula is C19H30N2O2. The number of carbonyl (C=O) groups excluding carboxylic acids is 1. The largest absolute Gasteiger partial charge is 0.550 e. The van der Waals surface area contributed by atoms with Crippen LogP contribution in [0.1, 0.15) is 31.7 Å². The smallest absolute Gasteiger partial charge is 0.0942 e. The zero-order valence-electron chi connectivity index (χ0n) is 14.8. The van der Waals surface area contributed by atoms with Crippen LogP contribution in [0.3, 0.4) is 0 Å². The normalized spacial score (nSPS) is 15.0. The number of likely N-dealkylation sites (N-methyl/N-ethyl adjacent to an activating group) is 1. The van der Waals surface area contributed by atoms with E-state index >= 15 is 0 Å². The third-order valence-electron chi connectivity index (χ3n) is 4.41. The first-order valence-corrected chi connectivity index (χ1v) is 8.30. The maximum Gasteiger partial charge on any atom is 0.0942 e. The van der Waals surface area contributed by atoms with Crippen LogP contribution in [-0.4, -0.2) is 33.2 Å². The lowest BCUT2D eigenvalue weighted by atomic mass is 9.82. The zero-order valence-corrected chi connectivity index (χ0v) is 14.8. The van der Waals surface area contributed by atoms with E-state index in [2.05, 4.69) is 32.9 Å². The number of carboxylic acid groups (broad SMARTS) is 1. The highest BCUT2D eigenvalue weighted by Crippen LogP contribution is 2.29. The summed E-state index contributed by atoms with van der Waals surface area (Å²) in [6.45, 7) is 9.75. The molecule has 0 bridgehead atoms. The van der Waals surface area contributed by atoms with Crippen LogP contribution in [0.15, 0.2) is 42.6 Å². The van der Waals surface area contributed by atoms with Crippen molar-refractivity contribution >= 4 is 5.97 Å². The molecule has 0 aliphatic carbocycles. The van der Waals surface area contributed by atoms with Gasteiger partial charge in [0.2, 0.25) is 0 Å². The third kappa shape index (κ3) is 6.45. The fourth-order valence-electron chi connectivity index (χ4n) is 2.68. The Morgan fingerprint density at radius 1 is 1.26 bits per heavy atom. The summed E-state index contributed by atoms with van der Waals surface area (Å²) in [5.41, 5.74) is 1.93. The molecule has 3 atom stereocenters. The predicted molar refractivity (Wildman–Crippen MR) is 92.0 cm³/mol. The highest BCUT2D eigenvalue weighted by atomic mass is 16.4. The van der Waals surface area contributed by atoms with Gasteiger partial charge in [0.1, 0.15) is 0 Å². The minimum atomic E-state index is -0.999. The van der Waals surface area contributed by atoms with E-state index in [4.69, 9.17) is 0 Å². The number of benzene rings is 1. The molecule has 0 spiro atoms. The van der Waals surface area contributed by atoms with Gasteiger partial charge in [-0.05, 0) is 17.9 Å². The van der Waals surface area contributed by atoms with Crippen molar-refractivity contribution in [1.82, 2.24) is 5.32 Å². The molecule has 0 fully saturated rings. The lowest BCUT2D eigenvalue weighted by Gasteiger charge is -2.29. The van der Waals surface area contributed by atoms with Crippen molar-refractivity contribution in [2.24, 2.45) is 11.8 Å². The summed E-state index contributed by atoms with van der Waals surface area (Å²) < 4.78 is 0. The molecule has 0 amide bonds. The Balaban J connectivity index is 2.66. The summed E-state index contributed by atoms with van der Waals surface area (Å²) in [5.74, 6) is -1.54. The van der Waals surface area contributed by atoms with E-state index in [9.17, 15) is 9.90 Å². The Kier molecular flexibility index (Phi) is 7.83. The fraction of sp³-hybridized carbons (Fsp3) is 0.526. The highest BCUT2D eigenvalue weighted by molar-refractivity contribution is 5.68. The number of rotatable bonds is 10. The monoisotopic (exact) mass is 318 g/mol. The van der Waals surface area contributed by atoms with Gasteiger partial charge in [-0.3, -0.25) is 0 Å². The minimum absolute atomic E-state index is 0.164. The number of nitrogens with one attached hydrogen (secondary N) is 2. The molecule has 0 aliphatic heterocycles. The molecular weight excluding hydrogens is 288 g/mol. The van der Waals surface area contributed by atoms with E-state index in [0.717, 1.165) is 24.4 Å². The Morgan fingerprint density at radius 3 is 2.39 bits per heavy atom. The number of carboxylic acids is 1. The molecule has 0 saturated heterocycles. The van der Waals surface area contributed by atoms with Crippen molar-refractivity contribution in [1.29, 1.82) is 0 Å². The topological polar surface area (TPSA) is 56.6 Å². The van der Waals surface area contributed by atoms with Gasteiger partial charge < -0.3 is 20.1 Å². The van der Waals surface area contributed by atoms with Gasteiger partial charge in [-0.1, -0.05) is 50.8 Å². The molecule has 0 aliphatic rings. The van der Waals surface area contributed by atoms with Crippen LogP contribution in [0, 0.1) is 11.8 Å². The third-order valence-corrected chi connectivity index (χ3v) is 4.41. The van der Waals surface area contributed by atoms with Crippen molar-refractivity contribution in [3.63, 3.8) is 0 Å². The Bertz CT molecular complexity index is 499. The second kappa shape index (κ2) is 9.36. The summed E-state index contributed by atoms with van der Waals surface area (Å²) >= 11 is 0. The Hall–Kier alpha value is -1.81. The van der Waals surface area contributed by atoms with Crippen LogP contribution in [-0.2, 0) is 4.79 Å². The van der Waals surface area contributed by atoms with Gasteiger partial charge in [0, 0.05) is 23.5 Å². The van der Waals surface area contributed by atoms with E-state index in [1.807, 2.05) is 37.3 Å². The van der Waals surface area contributed by atoms with Gasteiger partial charge in [-0.15, -0.1) is 0 Å². The Morgan fingerprint density at radius 2 is 1.87 bits per heavy atom. The van der Waals surface area contributed by atoms with Crippen molar-refractivity contribution in [2.45, 2.75) is 26.2 Å². The van der Waals surface area contributed by atoms with Crippen molar-refractivity contribution in [3.05, 3.63) is 48.2 Å². The quantitative estimate of drug-likeness (QED) is 0.658. The van der Waals surface area contributed by atoms with Crippen LogP contribution in [0.5, 0.6) is 0 Å². The molecule has 0 heterocycles. The molecule has 0 radical (unpaired) electrons. The number of hydrogen-bond donors (Lipinski definition) is 2. The molecule has 1 aromatic carbocycles. The second-order valence-corrected chi connectivity index (χ2v) is 6.67. The van der Waals surface area contributed by atoms with Gasteiger partial charge in [0.05, 0.1) is 27.2 Å². The summed E-state index contributed by atoms with van der Waals surface area (Å²) in [6.07, 6.45) is 0.549. The molecule has 0 aromatic heterocycles. The molecule has 0 saturated carbocycles. The van der Waals surface area contributed by atoms with Gasteiger partial charge >= 0.3 is 0 Å². The standard InChI is InChI=1S/C19H30N2O2/c1-14(17-9-7-6-8-10-17)13-18(19(22)23)15(2)16(3)20-11-12-21(4)5/h6-10,14-15,18,20H,3,11-13H2,1-2,4-5H3,(H,22,23). The van der Waals surface area contributed by atoms with E-state index in [-0.39, 0.29) is 11.8 Å². The second-order valence-electron chi connectivity index (χ2n) is 6.67. The van der Waals surface area contributed by atoms with Crippen LogP contribution in [0.2, 0.25) is 0 Å². The molecule has 4 heteroatoms. The first-order chi connectivity index (χ1) is 10.8. The molecule has 23 heavy (non-hydrogen) atoms. The molecule has 1 rings (SSSR count). The number of aliphatic carboxylic acids is 1. The number of carbonyl (C=O) groups is 1.